The highest BCUT2D eigenvalue weighted by molar-refractivity contribution is 5.90. The average Bonchev–Trinajstić information content (AvgIpc) is 2.74. The highest BCUT2D eigenvalue weighted by atomic mass is 19.2. The second-order valence-electron chi connectivity index (χ2n) is 8.12. The number of pyridine rings is 1. The molecule has 7 nitrogen and oxygen atoms in total. The Morgan fingerprint density at radius 1 is 1.09 bits per heavy atom. The maximum Gasteiger partial charge on any atom is 0.243 e. The number of hydrogen-bond acceptors (Lipinski definition) is 5. The second-order valence-corrected chi connectivity index (χ2v) is 8.12. The van der Waals surface area contributed by atoms with E-state index in [4.69, 9.17) is 5.73 Å². The van der Waals surface area contributed by atoms with E-state index in [9.17, 15) is 18.4 Å². The van der Waals surface area contributed by atoms with E-state index in [2.05, 4.69) is 15.6 Å². The van der Waals surface area contributed by atoms with Gasteiger partial charge in [0.1, 0.15) is 11.9 Å². The number of nitrogen functional groups attached to an aromatic ring is 1. The molecule has 0 bridgehead atoms. The summed E-state index contributed by atoms with van der Waals surface area (Å²) in [7, 11) is 3.60. The number of nitrogens with two attached hydrogens (primary N) is 1. The zero-order chi connectivity index (χ0) is 23.8. The standard InChI is InChI=1S/C23H31F2N5O2/c1-5-14(2)21(30(3)4)23(32)29-19(11-15-6-8-17(24)18(25)10-15)22(31)28-13-16-7-9-20(26)27-12-16/h6-10,12,14,19,21H,5,11,13H2,1-4H3,(H2,26,27)(H,28,31)(H,29,32)/t14?,19-,21+/m0/s1. The van der Waals surface area contributed by atoms with Crippen LogP contribution in [-0.4, -0.2) is 47.9 Å². The number of halogens is 2. The molecule has 1 unspecified atom stereocenters. The minimum absolute atomic E-state index is 0.00934. The smallest absolute Gasteiger partial charge is 0.243 e. The third-order valence-corrected chi connectivity index (χ3v) is 5.38. The summed E-state index contributed by atoms with van der Waals surface area (Å²) in [6, 6.07) is 5.37. The Hall–Kier alpha value is -3.07. The molecule has 0 saturated carbocycles. The molecule has 2 amide bonds. The third-order valence-electron chi connectivity index (χ3n) is 5.38. The number of hydrogen-bond donors (Lipinski definition) is 3. The van der Waals surface area contributed by atoms with Crippen LogP contribution in [0.4, 0.5) is 14.6 Å². The van der Waals surface area contributed by atoms with Crippen LogP contribution in [0, 0.1) is 17.6 Å². The molecule has 4 N–H and O–H groups in total. The molecule has 0 aliphatic heterocycles. The van der Waals surface area contributed by atoms with Gasteiger partial charge in [0.25, 0.3) is 0 Å². The Kier molecular flexibility index (Phi) is 9.07. The lowest BCUT2D eigenvalue weighted by Gasteiger charge is -2.30. The van der Waals surface area contributed by atoms with Gasteiger partial charge in [-0.1, -0.05) is 32.4 Å². The predicted molar refractivity (Wildman–Crippen MR) is 119 cm³/mol. The maximum absolute atomic E-state index is 13.7. The first-order valence-corrected chi connectivity index (χ1v) is 10.5. The fourth-order valence-corrected chi connectivity index (χ4v) is 3.45. The molecule has 1 heterocycles. The van der Waals surface area contributed by atoms with Crippen molar-refractivity contribution in [2.45, 2.75) is 45.3 Å². The van der Waals surface area contributed by atoms with Crippen LogP contribution in [0.1, 0.15) is 31.4 Å². The van der Waals surface area contributed by atoms with Crippen molar-refractivity contribution in [2.75, 3.05) is 19.8 Å². The van der Waals surface area contributed by atoms with Gasteiger partial charge in [-0.15, -0.1) is 0 Å². The second kappa shape index (κ2) is 11.5. The van der Waals surface area contributed by atoms with Crippen LogP contribution in [0.25, 0.3) is 0 Å². The summed E-state index contributed by atoms with van der Waals surface area (Å²) < 4.78 is 27.0. The van der Waals surface area contributed by atoms with Crippen LogP contribution in [0.3, 0.4) is 0 Å². The zero-order valence-electron chi connectivity index (χ0n) is 18.9. The number of likely N-dealkylation sites (N-methyl/N-ethyl adjacent to an activating group) is 1. The van der Waals surface area contributed by atoms with Crippen LogP contribution in [0.2, 0.25) is 0 Å². The number of nitrogens with zero attached hydrogens (tertiary/aromatic N) is 2. The van der Waals surface area contributed by atoms with Crippen molar-refractivity contribution in [3.05, 3.63) is 59.3 Å². The topological polar surface area (TPSA) is 100 Å². The Morgan fingerprint density at radius 3 is 2.34 bits per heavy atom. The van der Waals surface area contributed by atoms with Crippen molar-refractivity contribution < 1.29 is 18.4 Å². The average molecular weight is 448 g/mol. The van der Waals surface area contributed by atoms with E-state index in [0.717, 1.165) is 24.1 Å². The van der Waals surface area contributed by atoms with Crippen LogP contribution in [-0.2, 0) is 22.6 Å². The molecule has 9 heteroatoms. The summed E-state index contributed by atoms with van der Waals surface area (Å²) in [5, 5.41) is 5.56. The van der Waals surface area contributed by atoms with Crippen molar-refractivity contribution in [1.29, 1.82) is 0 Å². The molecular formula is C23H31F2N5O2. The van der Waals surface area contributed by atoms with Gasteiger partial charge in [0.15, 0.2) is 11.6 Å². The monoisotopic (exact) mass is 447 g/mol. The summed E-state index contributed by atoms with van der Waals surface area (Å²) in [5.41, 5.74) is 6.70. The first kappa shape index (κ1) is 25.2. The Labute approximate surface area is 187 Å². The Bertz CT molecular complexity index is 921. The first-order chi connectivity index (χ1) is 15.1. The van der Waals surface area contributed by atoms with Crippen LogP contribution in [0.5, 0.6) is 0 Å². The fourth-order valence-electron chi connectivity index (χ4n) is 3.45. The van der Waals surface area contributed by atoms with Crippen molar-refractivity contribution in [3.63, 3.8) is 0 Å². The van der Waals surface area contributed by atoms with Gasteiger partial charge >= 0.3 is 0 Å². The highest BCUT2D eigenvalue weighted by Crippen LogP contribution is 2.15. The minimum Gasteiger partial charge on any atom is -0.384 e. The maximum atomic E-state index is 13.7. The van der Waals surface area contributed by atoms with E-state index in [-0.39, 0.29) is 24.8 Å². The van der Waals surface area contributed by atoms with Gasteiger partial charge in [-0.25, -0.2) is 13.8 Å². The summed E-state index contributed by atoms with van der Waals surface area (Å²) in [4.78, 5) is 31.8. The normalized spacial score (nSPS) is 14.0. The lowest BCUT2D eigenvalue weighted by molar-refractivity contribution is -0.132. The number of anilines is 1. The molecule has 2 rings (SSSR count). The van der Waals surface area contributed by atoms with Gasteiger partial charge < -0.3 is 16.4 Å². The van der Waals surface area contributed by atoms with Crippen molar-refractivity contribution in [1.82, 2.24) is 20.5 Å². The number of rotatable bonds is 10. The molecule has 32 heavy (non-hydrogen) atoms. The Balaban J connectivity index is 2.20. The van der Waals surface area contributed by atoms with Gasteiger partial charge in [0.05, 0.1) is 6.04 Å². The van der Waals surface area contributed by atoms with E-state index in [1.165, 1.54) is 6.07 Å². The molecule has 0 radical (unpaired) electrons. The molecule has 0 spiro atoms. The molecular weight excluding hydrogens is 416 g/mol. The van der Waals surface area contributed by atoms with E-state index >= 15 is 0 Å². The van der Waals surface area contributed by atoms with Gasteiger partial charge in [0, 0.05) is 19.2 Å². The predicted octanol–water partition coefficient (Wildman–Crippen LogP) is 2.26. The van der Waals surface area contributed by atoms with Gasteiger partial charge in [-0.3, -0.25) is 14.5 Å². The number of carbonyl (C=O) groups is 2. The molecule has 174 valence electrons. The molecule has 1 aromatic heterocycles. The van der Waals surface area contributed by atoms with Crippen molar-refractivity contribution in [2.24, 2.45) is 5.92 Å². The number of amides is 2. The van der Waals surface area contributed by atoms with E-state index in [1.54, 1.807) is 37.3 Å². The van der Waals surface area contributed by atoms with Crippen LogP contribution >= 0.6 is 0 Å². The van der Waals surface area contributed by atoms with Crippen LogP contribution < -0.4 is 16.4 Å². The first-order valence-electron chi connectivity index (χ1n) is 10.5. The largest absolute Gasteiger partial charge is 0.384 e. The Morgan fingerprint density at radius 2 is 1.78 bits per heavy atom. The minimum atomic E-state index is -1.01. The lowest BCUT2D eigenvalue weighted by atomic mass is 9.96. The van der Waals surface area contributed by atoms with Crippen LogP contribution in [0.15, 0.2) is 36.5 Å². The van der Waals surface area contributed by atoms with E-state index in [1.807, 2.05) is 13.8 Å². The molecule has 0 fully saturated rings. The summed E-state index contributed by atoms with van der Waals surface area (Å²) in [6.45, 7) is 4.13. The molecule has 0 saturated heterocycles. The number of nitrogens with one attached hydrogen (secondary N) is 2. The van der Waals surface area contributed by atoms with Crippen molar-refractivity contribution >= 4 is 17.6 Å². The zero-order valence-corrected chi connectivity index (χ0v) is 18.9. The fraction of sp³-hybridized carbons (Fsp3) is 0.435. The lowest BCUT2D eigenvalue weighted by Crippen LogP contribution is -2.54. The van der Waals surface area contributed by atoms with Crippen molar-refractivity contribution in [3.8, 4) is 0 Å². The summed E-state index contributed by atoms with van der Waals surface area (Å²) in [6.07, 6.45) is 2.33. The number of benzene rings is 1. The summed E-state index contributed by atoms with van der Waals surface area (Å²) in [5.74, 6) is -2.31. The quantitative estimate of drug-likeness (QED) is 0.519. The number of carbonyl (C=O) groups excluding carboxylic acids is 2. The molecule has 2 aromatic rings. The SMILES string of the molecule is CCC(C)[C@H](C(=O)N[C@@H](Cc1ccc(F)c(F)c1)C(=O)NCc1ccc(N)nc1)N(C)C. The van der Waals surface area contributed by atoms with Gasteiger partial charge in [-0.2, -0.15) is 0 Å². The number of aromatic nitrogens is 1. The molecule has 1 aromatic carbocycles. The third kappa shape index (κ3) is 6.98. The molecule has 0 aliphatic carbocycles. The highest BCUT2D eigenvalue weighted by Gasteiger charge is 2.30. The van der Waals surface area contributed by atoms with E-state index < -0.39 is 29.6 Å². The van der Waals surface area contributed by atoms with Gasteiger partial charge in [-0.05, 0) is 49.3 Å². The van der Waals surface area contributed by atoms with Gasteiger partial charge in [0.2, 0.25) is 11.8 Å². The molecule has 3 atom stereocenters. The summed E-state index contributed by atoms with van der Waals surface area (Å²) >= 11 is 0. The molecule has 0 aliphatic rings. The van der Waals surface area contributed by atoms with E-state index in [0.29, 0.717) is 11.4 Å².